The molecule has 1 aromatic carbocycles. The van der Waals surface area contributed by atoms with E-state index in [0.29, 0.717) is 24.1 Å². The van der Waals surface area contributed by atoms with E-state index in [1.54, 1.807) is 0 Å². The van der Waals surface area contributed by atoms with E-state index in [2.05, 4.69) is 15.9 Å². The van der Waals surface area contributed by atoms with Crippen molar-refractivity contribution in [2.45, 2.75) is 25.4 Å². The second kappa shape index (κ2) is 6.08. The number of ether oxygens (including phenoxy) is 1. The van der Waals surface area contributed by atoms with Crippen molar-refractivity contribution in [3.05, 3.63) is 33.8 Å². The molecular formula is C13H15BrF2O2. The summed E-state index contributed by atoms with van der Waals surface area (Å²) in [6, 6.07) is 2.34. The van der Waals surface area contributed by atoms with Crippen molar-refractivity contribution in [2.75, 3.05) is 13.2 Å². The quantitative estimate of drug-likeness (QED) is 0.922. The fourth-order valence-corrected chi connectivity index (χ4v) is 2.69. The fraction of sp³-hybridized carbons (Fsp3) is 0.538. The zero-order valence-electron chi connectivity index (χ0n) is 9.83. The third kappa shape index (κ3) is 3.28. The summed E-state index contributed by atoms with van der Waals surface area (Å²) < 4.78 is 32.9. The van der Waals surface area contributed by atoms with E-state index < -0.39 is 17.7 Å². The molecule has 1 N–H and O–H groups in total. The Morgan fingerprint density at radius 2 is 1.83 bits per heavy atom. The number of hydrogen-bond donors (Lipinski definition) is 1. The first-order valence-electron chi connectivity index (χ1n) is 5.98. The third-order valence-corrected chi connectivity index (χ3v) is 3.73. The van der Waals surface area contributed by atoms with Gasteiger partial charge >= 0.3 is 0 Å². The molecule has 1 atom stereocenters. The lowest BCUT2D eigenvalue weighted by Gasteiger charge is -2.24. The van der Waals surface area contributed by atoms with Crippen LogP contribution in [0.2, 0.25) is 0 Å². The van der Waals surface area contributed by atoms with Gasteiger partial charge in [-0.05, 0) is 37.3 Å². The van der Waals surface area contributed by atoms with Gasteiger partial charge in [0.15, 0.2) is 0 Å². The van der Waals surface area contributed by atoms with Gasteiger partial charge in [0.2, 0.25) is 0 Å². The minimum Gasteiger partial charge on any atom is -0.388 e. The molecule has 18 heavy (non-hydrogen) atoms. The van der Waals surface area contributed by atoms with E-state index in [1.807, 2.05) is 0 Å². The van der Waals surface area contributed by atoms with Crippen molar-refractivity contribution in [3.63, 3.8) is 0 Å². The van der Waals surface area contributed by atoms with Crippen molar-refractivity contribution >= 4 is 15.9 Å². The average Bonchev–Trinajstić information content (AvgIpc) is 2.28. The zero-order valence-corrected chi connectivity index (χ0v) is 11.4. The normalized spacial score (nSPS) is 18.9. The van der Waals surface area contributed by atoms with Crippen LogP contribution in [0.4, 0.5) is 8.78 Å². The number of benzene rings is 1. The Morgan fingerprint density at radius 1 is 1.28 bits per heavy atom. The molecular weight excluding hydrogens is 306 g/mol. The van der Waals surface area contributed by atoms with E-state index in [9.17, 15) is 13.9 Å². The lowest BCUT2D eigenvalue weighted by atomic mass is 9.90. The van der Waals surface area contributed by atoms with Crippen LogP contribution in [0, 0.1) is 17.6 Å². The molecule has 0 spiro atoms. The minimum absolute atomic E-state index is 0.232. The van der Waals surface area contributed by atoms with Crippen LogP contribution in [0.15, 0.2) is 16.6 Å². The summed E-state index contributed by atoms with van der Waals surface area (Å²) in [6.07, 6.45) is 0.938. The number of hydrogen-bond acceptors (Lipinski definition) is 2. The molecule has 0 amide bonds. The molecule has 1 saturated heterocycles. The molecule has 2 rings (SSSR count). The van der Waals surface area contributed by atoms with Gasteiger partial charge in [0.05, 0.1) is 11.7 Å². The first-order valence-corrected chi connectivity index (χ1v) is 6.77. The van der Waals surface area contributed by atoms with Crippen LogP contribution in [0.1, 0.15) is 30.9 Å². The van der Waals surface area contributed by atoms with Crippen molar-refractivity contribution in [1.82, 2.24) is 0 Å². The summed E-state index contributed by atoms with van der Waals surface area (Å²) in [5, 5.41) is 9.99. The van der Waals surface area contributed by atoms with Crippen molar-refractivity contribution in [1.29, 1.82) is 0 Å². The Morgan fingerprint density at radius 3 is 2.39 bits per heavy atom. The molecule has 1 aliphatic heterocycles. The Labute approximate surface area is 113 Å². The number of halogens is 3. The highest BCUT2D eigenvalue weighted by Crippen LogP contribution is 2.31. The molecule has 1 aromatic rings. The van der Waals surface area contributed by atoms with E-state index in [-0.39, 0.29) is 11.5 Å². The molecule has 0 radical (unpaired) electrons. The number of aliphatic hydroxyl groups is 1. The average molecular weight is 321 g/mol. The Balaban J connectivity index is 2.10. The Hall–Kier alpha value is -0.520. The van der Waals surface area contributed by atoms with Gasteiger partial charge in [-0.25, -0.2) is 8.78 Å². The fourth-order valence-electron chi connectivity index (χ4n) is 2.29. The monoisotopic (exact) mass is 320 g/mol. The summed E-state index contributed by atoms with van der Waals surface area (Å²) in [5.41, 5.74) is -0.232. The first kappa shape index (κ1) is 13.9. The maximum absolute atomic E-state index is 13.7. The molecule has 0 saturated carbocycles. The lowest BCUT2D eigenvalue weighted by Crippen LogP contribution is -2.19. The van der Waals surface area contributed by atoms with Gasteiger partial charge in [-0.3, -0.25) is 0 Å². The van der Waals surface area contributed by atoms with Gasteiger partial charge in [0.1, 0.15) is 11.6 Å². The zero-order chi connectivity index (χ0) is 13.1. The van der Waals surface area contributed by atoms with Crippen LogP contribution >= 0.6 is 15.9 Å². The van der Waals surface area contributed by atoms with Gasteiger partial charge < -0.3 is 9.84 Å². The van der Waals surface area contributed by atoms with Gasteiger partial charge in [-0.2, -0.15) is 0 Å². The van der Waals surface area contributed by atoms with Crippen molar-refractivity contribution in [3.8, 4) is 0 Å². The largest absolute Gasteiger partial charge is 0.388 e. The van der Waals surface area contributed by atoms with E-state index in [1.165, 1.54) is 12.1 Å². The first-order chi connectivity index (χ1) is 8.58. The summed E-state index contributed by atoms with van der Waals surface area (Å²) in [7, 11) is 0. The molecule has 1 fully saturated rings. The highest BCUT2D eigenvalue weighted by molar-refractivity contribution is 9.10. The van der Waals surface area contributed by atoms with Crippen LogP contribution in [0.5, 0.6) is 0 Å². The Bertz CT molecular complexity index is 396. The summed E-state index contributed by atoms with van der Waals surface area (Å²) in [6.45, 7) is 1.31. The maximum Gasteiger partial charge on any atom is 0.133 e. The number of rotatable bonds is 3. The van der Waals surface area contributed by atoms with Crippen LogP contribution in [0.25, 0.3) is 0 Å². The SMILES string of the molecule is OC(CC1CCOCC1)c1c(F)cc(Br)cc1F. The molecule has 0 aliphatic carbocycles. The summed E-state index contributed by atoms with van der Waals surface area (Å²) in [4.78, 5) is 0. The van der Waals surface area contributed by atoms with Crippen molar-refractivity contribution in [2.24, 2.45) is 5.92 Å². The standard InChI is InChI=1S/C13H15BrF2O2/c14-9-6-10(15)13(11(16)7-9)12(17)5-8-1-3-18-4-2-8/h6-8,12,17H,1-5H2. The molecule has 2 nitrogen and oxygen atoms in total. The number of aliphatic hydroxyl groups excluding tert-OH is 1. The van der Waals surface area contributed by atoms with Crippen LogP contribution < -0.4 is 0 Å². The highest BCUT2D eigenvalue weighted by atomic mass is 79.9. The summed E-state index contributed by atoms with van der Waals surface area (Å²) >= 11 is 3.02. The van der Waals surface area contributed by atoms with E-state index in [4.69, 9.17) is 4.74 Å². The van der Waals surface area contributed by atoms with Gasteiger partial charge in [0, 0.05) is 17.7 Å². The predicted molar refractivity (Wildman–Crippen MR) is 67.2 cm³/mol. The molecule has 1 unspecified atom stereocenters. The molecule has 5 heteroatoms. The van der Waals surface area contributed by atoms with Crippen LogP contribution in [-0.4, -0.2) is 18.3 Å². The highest BCUT2D eigenvalue weighted by Gasteiger charge is 2.23. The van der Waals surface area contributed by atoms with E-state index in [0.717, 1.165) is 12.8 Å². The van der Waals surface area contributed by atoms with Gasteiger partial charge in [-0.1, -0.05) is 15.9 Å². The maximum atomic E-state index is 13.7. The molecule has 1 heterocycles. The molecule has 0 aromatic heterocycles. The van der Waals surface area contributed by atoms with Crippen LogP contribution in [0.3, 0.4) is 0 Å². The topological polar surface area (TPSA) is 29.5 Å². The minimum atomic E-state index is -1.10. The lowest BCUT2D eigenvalue weighted by molar-refractivity contribution is 0.0421. The third-order valence-electron chi connectivity index (χ3n) is 3.27. The Kier molecular flexibility index (Phi) is 4.70. The summed E-state index contributed by atoms with van der Waals surface area (Å²) in [5.74, 6) is -1.15. The van der Waals surface area contributed by atoms with Crippen LogP contribution in [-0.2, 0) is 4.74 Å². The second-order valence-electron chi connectivity index (χ2n) is 4.59. The molecule has 0 bridgehead atoms. The van der Waals surface area contributed by atoms with Crippen molar-refractivity contribution < 1.29 is 18.6 Å². The van der Waals surface area contributed by atoms with Gasteiger partial charge in [0.25, 0.3) is 0 Å². The smallest absolute Gasteiger partial charge is 0.133 e. The molecule has 100 valence electrons. The van der Waals surface area contributed by atoms with E-state index >= 15 is 0 Å². The second-order valence-corrected chi connectivity index (χ2v) is 5.51. The molecule has 1 aliphatic rings. The van der Waals surface area contributed by atoms with Gasteiger partial charge in [-0.15, -0.1) is 0 Å². The predicted octanol–water partition coefficient (Wildman–Crippen LogP) is 3.58.